The predicted molar refractivity (Wildman–Crippen MR) is 400 cm³/mol. The van der Waals surface area contributed by atoms with Crippen LogP contribution in [0.15, 0.2) is 221 Å². The Labute approximate surface area is 610 Å². The Bertz CT molecular complexity index is 5020. The molecule has 7 aromatic heterocycles. The summed E-state index contributed by atoms with van der Waals surface area (Å²) >= 11 is 3.16. The summed E-state index contributed by atoms with van der Waals surface area (Å²) < 4.78 is 71.6. The van der Waals surface area contributed by atoms with Crippen molar-refractivity contribution in [2.75, 3.05) is 41.2 Å². The Hall–Kier alpha value is -11.2. The molecular formula is C83H81NO18S2. The summed E-state index contributed by atoms with van der Waals surface area (Å²) in [6.45, 7) is 16.3. The van der Waals surface area contributed by atoms with E-state index in [0.717, 1.165) is 66.1 Å². The first kappa shape index (κ1) is 75.4. The largest absolute Gasteiger partial charge is 0.497 e. The minimum atomic E-state index is -0.635. The molecule has 104 heavy (non-hydrogen) atoms. The van der Waals surface area contributed by atoms with Crippen LogP contribution in [0.3, 0.4) is 0 Å². The number of hydrogen-bond donors (Lipinski definition) is 0. The normalized spacial score (nSPS) is 10.9. The molecular weight excluding hydrogens is 1360 g/mol. The van der Waals surface area contributed by atoms with Gasteiger partial charge in [-0.1, -0.05) is 91.4 Å². The van der Waals surface area contributed by atoms with E-state index in [4.69, 9.17) is 55.2 Å². The van der Waals surface area contributed by atoms with Gasteiger partial charge in [0.15, 0.2) is 11.5 Å². The van der Waals surface area contributed by atoms with Gasteiger partial charge in [0.1, 0.15) is 69.9 Å². The number of furan rings is 5. The first-order chi connectivity index (χ1) is 50.5. The molecule has 0 unspecified atom stereocenters. The van der Waals surface area contributed by atoms with Crippen molar-refractivity contribution in [2.45, 2.75) is 93.9 Å². The second-order valence-electron chi connectivity index (χ2n) is 23.8. The highest BCUT2D eigenvalue weighted by Crippen LogP contribution is 2.38. The zero-order valence-electron chi connectivity index (χ0n) is 59.5. The van der Waals surface area contributed by atoms with Gasteiger partial charge in [-0.25, -0.2) is 14.4 Å². The molecule has 0 bridgehead atoms. The number of nitrogens with zero attached hydrogens (tertiary/aromatic N) is 1. The van der Waals surface area contributed by atoms with E-state index in [1.54, 1.807) is 49.5 Å². The Balaban J connectivity index is 0.000000151. The first-order valence-corrected chi connectivity index (χ1v) is 35.4. The smallest absolute Gasteiger partial charge is 0.375 e. The van der Waals surface area contributed by atoms with Crippen LogP contribution < -0.4 is 14.2 Å². The standard InChI is InChI=1S/C25H25NO4S.C23H24O5.C20H20O7.C15H12O2S/c1-3-29-17-21-20-11-5-7-13-23(20)30-24(21)25(27)26(16-19-10-8-14-31-19)15-18-9-4-6-12-22(18)28-2;1-5-26-23(24)21-19-14-18(27-13-12-15(2)3)10-11-20(19)28-22(21)16-6-8-17(25-4)9-7-16;1-12(2)24-11-15-14-6-4-5-7-16(14)27-18(15)20(22)25-10-13-8-9-17(26-13)19(21)23-3;1-2-11-7-8-14(18-11)15(16)13-9-10-5-3-4-6-12(10)17-13/h4-14H,3,15-17H2,1-2H3;6-12,14H,5,13H2,1-4H3;4-9,12H,10-11H2,1-3H3;3-9H,2H2,1H3. The van der Waals surface area contributed by atoms with Crippen LogP contribution in [0.25, 0.3) is 55.2 Å². The highest BCUT2D eigenvalue weighted by atomic mass is 32.1. The van der Waals surface area contributed by atoms with Crippen molar-refractivity contribution >= 4 is 96.1 Å². The molecule has 13 aromatic rings. The van der Waals surface area contributed by atoms with Crippen molar-refractivity contribution in [1.82, 2.24) is 4.90 Å². The molecule has 0 atom stereocenters. The van der Waals surface area contributed by atoms with E-state index in [9.17, 15) is 24.0 Å². The number of esters is 3. The number of amides is 1. The Morgan fingerprint density at radius 1 is 0.548 bits per heavy atom. The van der Waals surface area contributed by atoms with Gasteiger partial charge < -0.3 is 64.9 Å². The summed E-state index contributed by atoms with van der Waals surface area (Å²) in [6, 6.07) is 56.0. The molecule has 0 aliphatic rings. The van der Waals surface area contributed by atoms with Crippen LogP contribution in [-0.4, -0.2) is 81.8 Å². The fourth-order valence-corrected chi connectivity index (χ4v) is 12.5. The fourth-order valence-electron chi connectivity index (χ4n) is 10.8. The molecule has 0 fully saturated rings. The van der Waals surface area contributed by atoms with Crippen LogP contribution in [0.2, 0.25) is 0 Å². The van der Waals surface area contributed by atoms with E-state index in [0.29, 0.717) is 95.0 Å². The summed E-state index contributed by atoms with van der Waals surface area (Å²) in [5, 5.41) is 5.36. The molecule has 0 radical (unpaired) electrons. The van der Waals surface area contributed by atoms with Crippen LogP contribution >= 0.6 is 22.7 Å². The molecule has 0 saturated heterocycles. The molecule has 19 nitrogen and oxygen atoms in total. The quantitative estimate of drug-likeness (QED) is 0.0212. The molecule has 0 aliphatic carbocycles. The van der Waals surface area contributed by atoms with E-state index in [-0.39, 0.29) is 49.1 Å². The molecule has 0 N–H and O–H groups in total. The SMILES string of the molecule is CCOC(=O)c1c(-c2ccc(OC)cc2)oc2ccc(OCC=C(C)C)cc12.CCOCc1c(C(=O)N(Cc2cccs2)Cc2ccccc2OC)oc2ccccc12.CCc1ccc(C(=O)c2cc3ccccc3o2)s1.COC(=O)c1ccc(COC(=O)c2oc3ccccc3c2COC(C)C)o1. The summed E-state index contributed by atoms with van der Waals surface area (Å²) in [4.78, 5) is 67.5. The van der Waals surface area contributed by atoms with Crippen LogP contribution in [0.5, 0.6) is 17.2 Å². The van der Waals surface area contributed by atoms with E-state index in [2.05, 4.69) is 11.7 Å². The molecule has 1 amide bonds. The summed E-state index contributed by atoms with van der Waals surface area (Å²) in [6.07, 6.45) is 2.95. The van der Waals surface area contributed by atoms with Crippen molar-refractivity contribution in [2.24, 2.45) is 0 Å². The van der Waals surface area contributed by atoms with Gasteiger partial charge in [-0.3, -0.25) is 9.59 Å². The molecule has 0 spiro atoms. The van der Waals surface area contributed by atoms with Crippen LogP contribution in [0.1, 0.15) is 138 Å². The van der Waals surface area contributed by atoms with Crippen molar-refractivity contribution in [1.29, 1.82) is 0 Å². The number of carbonyl (C=O) groups excluding carboxylic acids is 5. The Morgan fingerprint density at radius 2 is 1.23 bits per heavy atom. The number of fused-ring (bicyclic) bond motifs is 4. The zero-order valence-corrected chi connectivity index (χ0v) is 61.2. The van der Waals surface area contributed by atoms with Gasteiger partial charge in [0.05, 0.1) is 65.2 Å². The summed E-state index contributed by atoms with van der Waals surface area (Å²) in [7, 11) is 4.51. The lowest BCUT2D eigenvalue weighted by Crippen LogP contribution is -2.30. The maximum atomic E-state index is 13.8. The maximum Gasteiger partial charge on any atom is 0.375 e. The first-order valence-electron chi connectivity index (χ1n) is 33.8. The monoisotopic (exact) mass is 1440 g/mol. The lowest BCUT2D eigenvalue weighted by atomic mass is 10.1. The number of thiophene rings is 2. The number of allylic oxidation sites excluding steroid dienone is 1. The predicted octanol–water partition coefficient (Wildman–Crippen LogP) is 19.9. The minimum Gasteiger partial charge on any atom is -0.497 e. The molecule has 7 heterocycles. The fraction of sp³-hybridized carbons (Fsp3) is 0.241. The van der Waals surface area contributed by atoms with Gasteiger partial charge in [-0.05, 0) is 163 Å². The number of para-hydroxylation sites is 4. The highest BCUT2D eigenvalue weighted by molar-refractivity contribution is 7.14. The lowest BCUT2D eigenvalue weighted by Gasteiger charge is -2.23. The minimum absolute atomic E-state index is 0.00222. The molecule has 0 saturated carbocycles. The molecule has 6 aromatic carbocycles. The third-order valence-corrected chi connectivity index (χ3v) is 18.2. The second kappa shape index (κ2) is 36.6. The van der Waals surface area contributed by atoms with Crippen LogP contribution in [0.4, 0.5) is 0 Å². The van der Waals surface area contributed by atoms with Gasteiger partial charge in [0.2, 0.25) is 17.3 Å². The van der Waals surface area contributed by atoms with Crippen molar-refractivity contribution in [3.05, 3.63) is 265 Å². The maximum absolute atomic E-state index is 13.8. The lowest BCUT2D eigenvalue weighted by molar-refractivity contribution is 0.0382. The third kappa shape index (κ3) is 19.1. The second-order valence-corrected chi connectivity index (χ2v) is 26.0. The average Bonchev–Trinajstić information content (AvgIpc) is 1.64. The summed E-state index contributed by atoms with van der Waals surface area (Å²) in [5.74, 6) is 1.97. The van der Waals surface area contributed by atoms with Gasteiger partial charge >= 0.3 is 17.9 Å². The van der Waals surface area contributed by atoms with Gasteiger partial charge in [-0.2, -0.15) is 0 Å². The number of ketones is 1. The number of hydrogen-bond acceptors (Lipinski definition) is 20. The van der Waals surface area contributed by atoms with Crippen LogP contribution in [-0.2, 0) is 63.0 Å². The molecule has 13 rings (SSSR count). The molecule has 538 valence electrons. The zero-order chi connectivity index (χ0) is 73.7. The summed E-state index contributed by atoms with van der Waals surface area (Å²) in [5.41, 5.74) is 7.35. The number of methoxy groups -OCH3 is 3. The number of aryl methyl sites for hydroxylation is 1. The number of rotatable bonds is 26. The number of carbonyl (C=O) groups is 5. The van der Waals surface area contributed by atoms with Gasteiger partial charge in [-0.15, -0.1) is 22.7 Å². The van der Waals surface area contributed by atoms with Crippen molar-refractivity contribution in [3.8, 4) is 28.6 Å². The van der Waals surface area contributed by atoms with Crippen LogP contribution in [0, 0.1) is 0 Å². The molecule has 21 heteroatoms. The Kier molecular flexibility index (Phi) is 26.5. The van der Waals surface area contributed by atoms with E-state index in [1.807, 2.05) is 210 Å². The topological polar surface area (TPSA) is 228 Å². The third-order valence-electron chi connectivity index (χ3n) is 16.1. The molecule has 0 aliphatic heterocycles. The average molecular weight is 1440 g/mol. The number of benzene rings is 6. The number of ether oxygens (including phenoxy) is 8. The van der Waals surface area contributed by atoms with Gasteiger partial charge in [0, 0.05) is 60.2 Å². The van der Waals surface area contributed by atoms with E-state index >= 15 is 0 Å². The highest BCUT2D eigenvalue weighted by Gasteiger charge is 2.29. The van der Waals surface area contributed by atoms with E-state index in [1.165, 1.54) is 35.0 Å². The van der Waals surface area contributed by atoms with Crippen molar-refractivity contribution in [3.63, 3.8) is 0 Å². The Morgan fingerprint density at radius 3 is 1.88 bits per heavy atom. The van der Waals surface area contributed by atoms with Gasteiger partial charge in [0.25, 0.3) is 5.91 Å². The van der Waals surface area contributed by atoms with Crippen molar-refractivity contribution < 1.29 is 84.0 Å². The van der Waals surface area contributed by atoms with E-state index < -0.39 is 17.9 Å².